The first-order valence-electron chi connectivity index (χ1n) is 8.37. The maximum absolute atomic E-state index is 12.8. The SMILES string of the molecule is CC(C1Cc2ccccc2O1)N(C)C(=O)c1ccc2cccnc2n1. The number of nitrogens with zero attached hydrogens (tertiary/aromatic N) is 3. The van der Waals surface area contributed by atoms with Gasteiger partial charge in [0.1, 0.15) is 17.5 Å². The fourth-order valence-corrected chi connectivity index (χ4v) is 3.17. The molecular weight excluding hydrogens is 314 g/mol. The lowest BCUT2D eigenvalue weighted by Crippen LogP contribution is -2.44. The quantitative estimate of drug-likeness (QED) is 0.739. The van der Waals surface area contributed by atoms with Crippen molar-refractivity contribution in [2.24, 2.45) is 0 Å². The van der Waals surface area contributed by atoms with Gasteiger partial charge in [-0.25, -0.2) is 9.97 Å². The van der Waals surface area contributed by atoms with E-state index in [-0.39, 0.29) is 18.1 Å². The molecule has 25 heavy (non-hydrogen) atoms. The number of rotatable bonds is 3. The Morgan fingerprint density at radius 2 is 2.04 bits per heavy atom. The molecule has 0 N–H and O–H groups in total. The van der Waals surface area contributed by atoms with Crippen molar-refractivity contribution in [2.75, 3.05) is 7.05 Å². The number of ether oxygens (including phenoxy) is 1. The minimum atomic E-state index is -0.125. The van der Waals surface area contributed by atoms with Gasteiger partial charge < -0.3 is 9.64 Å². The Labute approximate surface area is 146 Å². The summed E-state index contributed by atoms with van der Waals surface area (Å²) in [6.07, 6.45) is 2.44. The Balaban J connectivity index is 1.53. The molecule has 2 atom stereocenters. The molecule has 2 aromatic heterocycles. The molecule has 0 radical (unpaired) electrons. The Morgan fingerprint density at radius 1 is 1.20 bits per heavy atom. The normalized spacial score (nSPS) is 17.0. The fourth-order valence-electron chi connectivity index (χ4n) is 3.17. The zero-order valence-electron chi connectivity index (χ0n) is 14.2. The van der Waals surface area contributed by atoms with Crippen LogP contribution in [-0.2, 0) is 6.42 Å². The molecule has 5 nitrogen and oxygen atoms in total. The standard InChI is InChI=1S/C20H19N3O2/c1-13(18-12-15-6-3-4-8-17(15)25-18)23(2)20(24)16-10-9-14-7-5-11-21-19(14)22-16/h3-11,13,18H,12H2,1-2H3. The van der Waals surface area contributed by atoms with Gasteiger partial charge in [0, 0.05) is 25.1 Å². The van der Waals surface area contributed by atoms with Crippen LogP contribution >= 0.6 is 0 Å². The number of fused-ring (bicyclic) bond motifs is 2. The van der Waals surface area contributed by atoms with Crippen molar-refractivity contribution < 1.29 is 9.53 Å². The zero-order chi connectivity index (χ0) is 17.4. The molecular formula is C20H19N3O2. The molecule has 1 aliphatic heterocycles. The Hall–Kier alpha value is -2.95. The van der Waals surface area contributed by atoms with Crippen LogP contribution in [0.4, 0.5) is 0 Å². The lowest BCUT2D eigenvalue weighted by molar-refractivity contribution is 0.0593. The molecule has 5 heteroatoms. The molecule has 0 fully saturated rings. The summed E-state index contributed by atoms with van der Waals surface area (Å²) < 4.78 is 6.02. The molecule has 1 aliphatic rings. The van der Waals surface area contributed by atoms with Crippen molar-refractivity contribution in [2.45, 2.75) is 25.5 Å². The topological polar surface area (TPSA) is 55.3 Å². The van der Waals surface area contributed by atoms with E-state index in [1.807, 2.05) is 43.3 Å². The van der Waals surface area contributed by atoms with Crippen LogP contribution in [0.1, 0.15) is 23.0 Å². The highest BCUT2D eigenvalue weighted by Crippen LogP contribution is 2.30. The van der Waals surface area contributed by atoms with E-state index in [9.17, 15) is 4.79 Å². The molecule has 0 bridgehead atoms. The number of benzene rings is 1. The second kappa shape index (κ2) is 6.16. The maximum atomic E-state index is 12.8. The molecule has 1 amide bonds. The van der Waals surface area contributed by atoms with Gasteiger partial charge in [-0.1, -0.05) is 18.2 Å². The van der Waals surface area contributed by atoms with E-state index in [4.69, 9.17) is 4.74 Å². The van der Waals surface area contributed by atoms with Crippen molar-refractivity contribution in [1.29, 1.82) is 0 Å². The van der Waals surface area contributed by atoms with E-state index in [0.29, 0.717) is 11.3 Å². The molecule has 0 saturated carbocycles. The van der Waals surface area contributed by atoms with Crippen LogP contribution in [0.15, 0.2) is 54.7 Å². The van der Waals surface area contributed by atoms with Crippen molar-refractivity contribution in [3.63, 3.8) is 0 Å². The summed E-state index contributed by atoms with van der Waals surface area (Å²) in [7, 11) is 1.80. The highest BCUT2D eigenvalue weighted by Gasteiger charge is 2.32. The minimum Gasteiger partial charge on any atom is -0.488 e. The third-order valence-electron chi connectivity index (χ3n) is 4.82. The summed E-state index contributed by atoms with van der Waals surface area (Å²) in [6, 6.07) is 15.4. The van der Waals surface area contributed by atoms with Gasteiger partial charge in [-0.2, -0.15) is 0 Å². The van der Waals surface area contributed by atoms with Crippen LogP contribution in [-0.4, -0.2) is 40.0 Å². The predicted molar refractivity (Wildman–Crippen MR) is 95.7 cm³/mol. The summed E-state index contributed by atoms with van der Waals surface area (Å²) in [4.78, 5) is 23.2. The molecule has 0 spiro atoms. The average molecular weight is 333 g/mol. The third-order valence-corrected chi connectivity index (χ3v) is 4.82. The number of aromatic nitrogens is 2. The van der Waals surface area contributed by atoms with Gasteiger partial charge in [0.25, 0.3) is 5.91 Å². The Morgan fingerprint density at radius 3 is 2.88 bits per heavy atom. The molecule has 3 heterocycles. The number of carbonyl (C=O) groups is 1. The van der Waals surface area contributed by atoms with E-state index in [1.165, 1.54) is 5.56 Å². The summed E-state index contributed by atoms with van der Waals surface area (Å²) in [5, 5.41) is 0.921. The first-order chi connectivity index (χ1) is 12.1. The third kappa shape index (κ3) is 2.82. The molecule has 1 aromatic carbocycles. The highest BCUT2D eigenvalue weighted by atomic mass is 16.5. The van der Waals surface area contributed by atoms with E-state index in [1.54, 1.807) is 24.2 Å². The largest absolute Gasteiger partial charge is 0.488 e. The van der Waals surface area contributed by atoms with Crippen molar-refractivity contribution in [3.05, 3.63) is 66.0 Å². The average Bonchev–Trinajstić information content (AvgIpc) is 3.10. The van der Waals surface area contributed by atoms with Crippen LogP contribution < -0.4 is 4.74 Å². The molecule has 126 valence electrons. The van der Waals surface area contributed by atoms with Gasteiger partial charge >= 0.3 is 0 Å². The fraction of sp³-hybridized carbons (Fsp3) is 0.250. The number of para-hydroxylation sites is 1. The lowest BCUT2D eigenvalue weighted by Gasteiger charge is -2.29. The van der Waals surface area contributed by atoms with Gasteiger partial charge in [-0.05, 0) is 42.8 Å². The van der Waals surface area contributed by atoms with Gasteiger partial charge in [-0.15, -0.1) is 0 Å². The second-order valence-corrected chi connectivity index (χ2v) is 6.37. The van der Waals surface area contributed by atoms with Crippen LogP contribution in [0, 0.1) is 0 Å². The number of hydrogen-bond acceptors (Lipinski definition) is 4. The highest BCUT2D eigenvalue weighted by molar-refractivity contribution is 5.94. The summed E-state index contributed by atoms with van der Waals surface area (Å²) in [6.45, 7) is 2.01. The lowest BCUT2D eigenvalue weighted by atomic mass is 10.0. The minimum absolute atomic E-state index is 0.0510. The van der Waals surface area contributed by atoms with Crippen molar-refractivity contribution >= 4 is 16.9 Å². The molecule has 0 aliphatic carbocycles. The number of likely N-dealkylation sites (N-methyl/N-ethyl adjacent to an activating group) is 1. The number of carbonyl (C=O) groups excluding carboxylic acids is 1. The number of amides is 1. The first kappa shape index (κ1) is 15.6. The molecule has 4 rings (SSSR count). The van der Waals surface area contributed by atoms with Gasteiger partial charge in [0.15, 0.2) is 5.65 Å². The number of hydrogen-bond donors (Lipinski definition) is 0. The Kier molecular flexibility index (Phi) is 3.84. The maximum Gasteiger partial charge on any atom is 0.272 e. The van der Waals surface area contributed by atoms with Crippen LogP contribution in [0.3, 0.4) is 0 Å². The van der Waals surface area contributed by atoms with Gasteiger partial charge in [-0.3, -0.25) is 4.79 Å². The summed E-state index contributed by atoms with van der Waals surface area (Å²) in [5.74, 6) is 0.785. The van der Waals surface area contributed by atoms with E-state index >= 15 is 0 Å². The molecule has 3 aromatic rings. The smallest absolute Gasteiger partial charge is 0.272 e. The number of pyridine rings is 2. The second-order valence-electron chi connectivity index (χ2n) is 6.37. The van der Waals surface area contributed by atoms with Crippen molar-refractivity contribution in [1.82, 2.24) is 14.9 Å². The first-order valence-corrected chi connectivity index (χ1v) is 8.37. The van der Waals surface area contributed by atoms with E-state index in [0.717, 1.165) is 17.6 Å². The predicted octanol–water partition coefficient (Wildman–Crippen LogP) is 3.09. The summed E-state index contributed by atoms with van der Waals surface area (Å²) >= 11 is 0. The van der Waals surface area contributed by atoms with Gasteiger partial charge in [0.2, 0.25) is 0 Å². The Bertz CT molecular complexity index is 916. The van der Waals surface area contributed by atoms with Gasteiger partial charge in [0.05, 0.1) is 6.04 Å². The molecule has 0 saturated heterocycles. The van der Waals surface area contributed by atoms with Crippen LogP contribution in [0.25, 0.3) is 11.0 Å². The van der Waals surface area contributed by atoms with Crippen LogP contribution in [0.5, 0.6) is 5.75 Å². The van der Waals surface area contributed by atoms with E-state index in [2.05, 4.69) is 16.0 Å². The van der Waals surface area contributed by atoms with Crippen LogP contribution in [0.2, 0.25) is 0 Å². The molecule has 2 unspecified atom stereocenters. The van der Waals surface area contributed by atoms with Crippen molar-refractivity contribution in [3.8, 4) is 5.75 Å². The summed E-state index contributed by atoms with van der Waals surface area (Å²) in [5.41, 5.74) is 2.17. The van der Waals surface area contributed by atoms with E-state index < -0.39 is 0 Å². The monoisotopic (exact) mass is 333 g/mol. The zero-order valence-corrected chi connectivity index (χ0v) is 14.2.